The van der Waals surface area contributed by atoms with E-state index in [0.29, 0.717) is 35.8 Å². The summed E-state index contributed by atoms with van der Waals surface area (Å²) in [5.74, 6) is 0.953. The SMILES string of the molecule is CCCCCCCCCCOc1cc(C=O)c(OCCCCCCCCCC)cc1C=O. The lowest BCUT2D eigenvalue weighted by Crippen LogP contribution is -2.04. The molecule has 32 heavy (non-hydrogen) atoms. The van der Waals surface area contributed by atoms with Crippen LogP contribution in [0.25, 0.3) is 0 Å². The molecular formula is C28H46O4. The standard InChI is InChI=1S/C28H46O4/c1-3-5-7-9-11-13-15-17-19-31-27-21-26(24-30)28(22-25(27)23-29)32-20-18-16-14-12-10-8-6-4-2/h21-24H,3-20H2,1-2H3. The highest BCUT2D eigenvalue weighted by atomic mass is 16.5. The molecule has 0 unspecified atom stereocenters. The minimum absolute atomic E-state index is 0.445. The van der Waals surface area contributed by atoms with Crippen LogP contribution in [0.15, 0.2) is 12.1 Å². The van der Waals surface area contributed by atoms with Crippen molar-refractivity contribution in [2.45, 2.75) is 117 Å². The molecule has 0 spiro atoms. The van der Waals surface area contributed by atoms with E-state index in [1.165, 1.54) is 77.0 Å². The Morgan fingerprint density at radius 2 is 0.844 bits per heavy atom. The molecule has 0 bridgehead atoms. The van der Waals surface area contributed by atoms with Crippen LogP contribution in [0.4, 0.5) is 0 Å². The fraction of sp³-hybridized carbons (Fsp3) is 0.714. The average Bonchev–Trinajstić information content (AvgIpc) is 2.82. The van der Waals surface area contributed by atoms with E-state index >= 15 is 0 Å². The highest BCUT2D eigenvalue weighted by Gasteiger charge is 2.12. The summed E-state index contributed by atoms with van der Waals surface area (Å²) in [5, 5.41) is 0. The monoisotopic (exact) mass is 446 g/mol. The Morgan fingerprint density at radius 3 is 1.16 bits per heavy atom. The van der Waals surface area contributed by atoms with Gasteiger partial charge >= 0.3 is 0 Å². The number of unbranched alkanes of at least 4 members (excludes halogenated alkanes) is 14. The summed E-state index contributed by atoms with van der Waals surface area (Å²) in [6.07, 6.45) is 21.2. The molecular weight excluding hydrogens is 400 g/mol. The lowest BCUT2D eigenvalue weighted by molar-refractivity contribution is 0.110. The van der Waals surface area contributed by atoms with Gasteiger partial charge < -0.3 is 9.47 Å². The Kier molecular flexibility index (Phi) is 17.5. The van der Waals surface area contributed by atoms with Crippen LogP contribution in [0.2, 0.25) is 0 Å². The van der Waals surface area contributed by atoms with Gasteiger partial charge in [0.1, 0.15) is 11.5 Å². The van der Waals surface area contributed by atoms with Crippen molar-refractivity contribution >= 4 is 12.6 Å². The first-order chi connectivity index (χ1) is 15.8. The highest BCUT2D eigenvalue weighted by molar-refractivity contribution is 5.87. The topological polar surface area (TPSA) is 52.6 Å². The van der Waals surface area contributed by atoms with Gasteiger partial charge in [-0.25, -0.2) is 0 Å². The lowest BCUT2D eigenvalue weighted by Gasteiger charge is -2.13. The van der Waals surface area contributed by atoms with Gasteiger partial charge in [-0.2, -0.15) is 0 Å². The van der Waals surface area contributed by atoms with E-state index in [2.05, 4.69) is 13.8 Å². The van der Waals surface area contributed by atoms with E-state index < -0.39 is 0 Å². The van der Waals surface area contributed by atoms with Crippen LogP contribution >= 0.6 is 0 Å². The van der Waals surface area contributed by atoms with Crippen LogP contribution in [0, 0.1) is 0 Å². The van der Waals surface area contributed by atoms with Gasteiger partial charge in [-0.3, -0.25) is 9.59 Å². The largest absolute Gasteiger partial charge is 0.493 e. The second-order valence-corrected chi connectivity index (χ2v) is 8.81. The van der Waals surface area contributed by atoms with Crippen molar-refractivity contribution in [3.8, 4) is 11.5 Å². The van der Waals surface area contributed by atoms with Crippen LogP contribution in [-0.2, 0) is 0 Å². The van der Waals surface area contributed by atoms with Gasteiger partial charge in [0.25, 0.3) is 0 Å². The first kappa shape index (κ1) is 28.2. The first-order valence-corrected chi connectivity index (χ1v) is 13.1. The van der Waals surface area contributed by atoms with Gasteiger partial charge in [0, 0.05) is 0 Å². The summed E-state index contributed by atoms with van der Waals surface area (Å²) in [4.78, 5) is 23.1. The summed E-state index contributed by atoms with van der Waals surface area (Å²) >= 11 is 0. The van der Waals surface area contributed by atoms with Crippen molar-refractivity contribution in [2.75, 3.05) is 13.2 Å². The van der Waals surface area contributed by atoms with Crippen LogP contribution in [0.5, 0.6) is 11.5 Å². The van der Waals surface area contributed by atoms with Crippen LogP contribution < -0.4 is 9.47 Å². The normalized spacial score (nSPS) is 10.8. The van der Waals surface area contributed by atoms with Gasteiger partial charge in [0.15, 0.2) is 12.6 Å². The van der Waals surface area contributed by atoms with Crippen molar-refractivity contribution in [1.29, 1.82) is 0 Å². The van der Waals surface area contributed by atoms with E-state index in [1.807, 2.05) is 0 Å². The van der Waals surface area contributed by atoms with Crippen molar-refractivity contribution in [3.05, 3.63) is 23.3 Å². The molecule has 4 nitrogen and oxygen atoms in total. The fourth-order valence-corrected chi connectivity index (χ4v) is 3.86. The molecule has 182 valence electrons. The third-order valence-corrected chi connectivity index (χ3v) is 5.91. The van der Waals surface area contributed by atoms with Gasteiger partial charge in [-0.1, -0.05) is 104 Å². The summed E-state index contributed by atoms with van der Waals surface area (Å²) < 4.78 is 11.6. The number of aldehydes is 2. The molecule has 0 atom stereocenters. The number of carbonyl (C=O) groups is 2. The maximum Gasteiger partial charge on any atom is 0.153 e. The number of hydrogen-bond acceptors (Lipinski definition) is 4. The Bertz CT molecular complexity index is 558. The Labute approximate surface area is 196 Å². The Hall–Kier alpha value is -1.84. The minimum atomic E-state index is 0.445. The molecule has 1 aromatic carbocycles. The number of benzene rings is 1. The molecule has 0 aromatic heterocycles. The molecule has 0 saturated heterocycles. The second kappa shape index (κ2) is 19.8. The molecule has 0 N–H and O–H groups in total. The molecule has 0 radical (unpaired) electrons. The predicted octanol–water partition coefficient (Wildman–Crippen LogP) is 8.35. The number of ether oxygens (including phenoxy) is 2. The van der Waals surface area contributed by atoms with Crippen molar-refractivity contribution in [2.24, 2.45) is 0 Å². The average molecular weight is 447 g/mol. The summed E-state index contributed by atoms with van der Waals surface area (Å²) in [7, 11) is 0. The summed E-state index contributed by atoms with van der Waals surface area (Å²) in [5.41, 5.74) is 0.891. The van der Waals surface area contributed by atoms with E-state index in [9.17, 15) is 9.59 Å². The first-order valence-electron chi connectivity index (χ1n) is 13.1. The van der Waals surface area contributed by atoms with E-state index in [0.717, 1.165) is 38.3 Å². The molecule has 0 aliphatic rings. The lowest BCUT2D eigenvalue weighted by atomic mass is 10.1. The second-order valence-electron chi connectivity index (χ2n) is 8.81. The van der Waals surface area contributed by atoms with E-state index in [-0.39, 0.29) is 0 Å². The molecule has 0 aliphatic carbocycles. The Balaban J connectivity index is 2.34. The van der Waals surface area contributed by atoms with Gasteiger partial charge in [0.2, 0.25) is 0 Å². The number of rotatable bonds is 22. The zero-order valence-corrected chi connectivity index (χ0v) is 20.7. The fourth-order valence-electron chi connectivity index (χ4n) is 3.86. The van der Waals surface area contributed by atoms with Gasteiger partial charge in [-0.05, 0) is 25.0 Å². The van der Waals surface area contributed by atoms with Crippen LogP contribution in [0.3, 0.4) is 0 Å². The molecule has 1 rings (SSSR count). The minimum Gasteiger partial charge on any atom is -0.493 e. The molecule has 1 aromatic rings. The van der Waals surface area contributed by atoms with Crippen molar-refractivity contribution in [3.63, 3.8) is 0 Å². The number of carbonyl (C=O) groups excluding carboxylic acids is 2. The van der Waals surface area contributed by atoms with Crippen LogP contribution in [0.1, 0.15) is 137 Å². The Morgan fingerprint density at radius 1 is 0.531 bits per heavy atom. The van der Waals surface area contributed by atoms with Gasteiger partial charge in [0.05, 0.1) is 24.3 Å². The van der Waals surface area contributed by atoms with E-state index in [4.69, 9.17) is 9.47 Å². The predicted molar refractivity (Wildman–Crippen MR) is 133 cm³/mol. The van der Waals surface area contributed by atoms with Crippen molar-refractivity contribution < 1.29 is 19.1 Å². The molecule has 0 fully saturated rings. The zero-order valence-electron chi connectivity index (χ0n) is 20.7. The van der Waals surface area contributed by atoms with E-state index in [1.54, 1.807) is 12.1 Å². The quantitative estimate of drug-likeness (QED) is 0.133. The molecule has 0 saturated carbocycles. The highest BCUT2D eigenvalue weighted by Crippen LogP contribution is 2.28. The third kappa shape index (κ3) is 12.9. The molecule has 0 aliphatic heterocycles. The number of hydrogen-bond donors (Lipinski definition) is 0. The maximum atomic E-state index is 11.5. The van der Waals surface area contributed by atoms with Crippen LogP contribution in [-0.4, -0.2) is 25.8 Å². The molecule has 0 heterocycles. The molecule has 0 amide bonds. The zero-order chi connectivity index (χ0) is 23.3. The smallest absolute Gasteiger partial charge is 0.153 e. The molecule has 4 heteroatoms. The summed E-state index contributed by atoms with van der Waals surface area (Å²) in [6.45, 7) is 5.59. The summed E-state index contributed by atoms with van der Waals surface area (Å²) in [6, 6.07) is 3.29. The van der Waals surface area contributed by atoms with Crippen molar-refractivity contribution in [1.82, 2.24) is 0 Å². The third-order valence-electron chi connectivity index (χ3n) is 5.91. The van der Waals surface area contributed by atoms with Gasteiger partial charge in [-0.15, -0.1) is 0 Å². The maximum absolute atomic E-state index is 11.5.